The summed E-state index contributed by atoms with van der Waals surface area (Å²) in [5, 5.41) is 14.5. The van der Waals surface area contributed by atoms with Crippen LogP contribution in [0.5, 0.6) is 0 Å². The number of benzene rings is 1. The number of aromatic amines is 1. The number of rotatable bonds is 16. The number of unbranched alkanes of at least 4 members (excludes halogenated alkanes) is 9. The third-order valence-electron chi connectivity index (χ3n) is 6.38. The van der Waals surface area contributed by atoms with Gasteiger partial charge in [-0.1, -0.05) is 82.9 Å². The lowest BCUT2D eigenvalue weighted by atomic mass is 10.0. The van der Waals surface area contributed by atoms with Crippen molar-refractivity contribution in [2.45, 2.75) is 89.8 Å². The number of aromatic nitrogens is 1. The lowest BCUT2D eigenvalue weighted by Crippen LogP contribution is -2.66. The Morgan fingerprint density at radius 3 is 2.25 bits per heavy atom. The van der Waals surface area contributed by atoms with Crippen LogP contribution in [0.25, 0.3) is 10.9 Å². The third kappa shape index (κ3) is 6.91. The van der Waals surface area contributed by atoms with Crippen molar-refractivity contribution < 1.29 is 14.7 Å². The maximum Gasteiger partial charge on any atom is 0.271 e. The van der Waals surface area contributed by atoms with Gasteiger partial charge in [0.25, 0.3) is 5.91 Å². The minimum absolute atomic E-state index is 0.343. The number of fused-ring (bicyclic) bond motifs is 1. The molecule has 2 rings (SSSR count). The van der Waals surface area contributed by atoms with Crippen LogP contribution in [-0.4, -0.2) is 52.5 Å². The lowest BCUT2D eigenvalue weighted by molar-refractivity contribution is -0.125. The van der Waals surface area contributed by atoms with E-state index in [1.807, 2.05) is 24.3 Å². The first-order valence-electron chi connectivity index (χ1n) is 12.2. The van der Waals surface area contributed by atoms with E-state index in [0.717, 1.165) is 23.7 Å². The molecule has 6 nitrogen and oxygen atoms in total. The van der Waals surface area contributed by atoms with Crippen LogP contribution in [0.3, 0.4) is 0 Å². The van der Waals surface area contributed by atoms with Gasteiger partial charge in [0.2, 0.25) is 0 Å². The van der Waals surface area contributed by atoms with E-state index in [0.29, 0.717) is 18.5 Å². The van der Waals surface area contributed by atoms with Crippen molar-refractivity contribution in [3.63, 3.8) is 0 Å². The lowest BCUT2D eigenvalue weighted by Gasteiger charge is -2.40. The molecule has 2 aromatic rings. The van der Waals surface area contributed by atoms with Crippen LogP contribution in [0.2, 0.25) is 0 Å². The highest BCUT2D eigenvalue weighted by atomic mass is 16.3. The van der Waals surface area contributed by atoms with Crippen LogP contribution < -0.4 is 5.32 Å². The SMILES string of the molecule is CCCCCCCCCCCCN[C@@](C=O)([C@@H](C)O)N(C)C(=O)c1cc2ccccc2[nH]1. The van der Waals surface area contributed by atoms with Gasteiger partial charge in [-0.3, -0.25) is 14.9 Å². The minimum atomic E-state index is -1.46. The molecule has 0 fully saturated rings. The fourth-order valence-electron chi connectivity index (χ4n) is 4.20. The molecule has 178 valence electrons. The maximum absolute atomic E-state index is 13.1. The van der Waals surface area contributed by atoms with Gasteiger partial charge in [-0.15, -0.1) is 0 Å². The molecule has 0 spiro atoms. The molecule has 0 saturated heterocycles. The Kier molecular flexibility index (Phi) is 10.9. The molecule has 1 amide bonds. The molecule has 2 atom stereocenters. The summed E-state index contributed by atoms with van der Waals surface area (Å²) in [6.07, 6.45) is 11.9. The summed E-state index contributed by atoms with van der Waals surface area (Å²) in [5.41, 5.74) is -0.217. The van der Waals surface area contributed by atoms with Gasteiger partial charge in [0.05, 0.1) is 6.10 Å². The van der Waals surface area contributed by atoms with Crippen molar-refractivity contribution >= 4 is 23.1 Å². The Morgan fingerprint density at radius 2 is 1.69 bits per heavy atom. The Bertz CT molecular complexity index is 800. The molecule has 0 aliphatic heterocycles. The van der Waals surface area contributed by atoms with E-state index in [2.05, 4.69) is 17.2 Å². The number of hydrogen-bond donors (Lipinski definition) is 3. The first kappa shape index (κ1) is 26.1. The minimum Gasteiger partial charge on any atom is -0.389 e. The van der Waals surface area contributed by atoms with Gasteiger partial charge < -0.3 is 15.0 Å². The van der Waals surface area contributed by atoms with Gasteiger partial charge in [-0.25, -0.2) is 0 Å². The standard InChI is InChI=1S/C26H41N3O3/c1-4-5-6-7-8-9-10-11-12-15-18-27-26(20-30,21(2)31)29(3)25(32)24-19-22-16-13-14-17-23(22)28-24/h13-14,16-17,19-21,27-28,31H,4-12,15,18H2,1-3H3/t21-,26-/m1/s1. The second-order valence-electron chi connectivity index (χ2n) is 8.86. The van der Waals surface area contributed by atoms with Crippen LogP contribution in [-0.2, 0) is 4.79 Å². The first-order chi connectivity index (χ1) is 15.5. The Balaban J connectivity index is 1.85. The predicted octanol–water partition coefficient (Wildman–Crippen LogP) is 5.03. The van der Waals surface area contributed by atoms with Crippen LogP contribution in [0.4, 0.5) is 0 Å². The summed E-state index contributed by atoms with van der Waals surface area (Å²) in [7, 11) is 1.56. The summed E-state index contributed by atoms with van der Waals surface area (Å²) in [6.45, 7) is 4.33. The summed E-state index contributed by atoms with van der Waals surface area (Å²) in [4.78, 5) is 29.6. The van der Waals surface area contributed by atoms with Crippen molar-refractivity contribution in [1.29, 1.82) is 0 Å². The molecule has 3 N–H and O–H groups in total. The Labute approximate surface area is 192 Å². The molecule has 0 aliphatic rings. The van der Waals surface area contributed by atoms with Gasteiger partial charge in [-0.05, 0) is 32.0 Å². The summed E-state index contributed by atoms with van der Waals surface area (Å²) >= 11 is 0. The van der Waals surface area contributed by atoms with Crippen LogP contribution in [0, 0.1) is 0 Å². The highest BCUT2D eigenvalue weighted by Crippen LogP contribution is 2.20. The molecule has 0 aliphatic carbocycles. The van der Waals surface area contributed by atoms with Crippen molar-refractivity contribution in [1.82, 2.24) is 15.2 Å². The maximum atomic E-state index is 13.1. The summed E-state index contributed by atoms with van der Waals surface area (Å²) < 4.78 is 0. The number of likely N-dealkylation sites (N-methyl/N-ethyl adjacent to an activating group) is 1. The number of carbonyl (C=O) groups is 2. The van der Waals surface area contributed by atoms with Crippen molar-refractivity contribution in [3.8, 4) is 0 Å². The third-order valence-corrected chi connectivity index (χ3v) is 6.38. The average Bonchev–Trinajstić information content (AvgIpc) is 3.23. The van der Waals surface area contributed by atoms with Crippen LogP contribution >= 0.6 is 0 Å². The largest absolute Gasteiger partial charge is 0.389 e. The number of amides is 1. The number of aldehydes is 1. The van der Waals surface area contributed by atoms with E-state index in [9.17, 15) is 14.7 Å². The summed E-state index contributed by atoms with van der Waals surface area (Å²) in [5.74, 6) is -0.343. The van der Waals surface area contributed by atoms with Crippen molar-refractivity contribution in [2.75, 3.05) is 13.6 Å². The Morgan fingerprint density at radius 1 is 1.09 bits per heavy atom. The smallest absolute Gasteiger partial charge is 0.271 e. The van der Waals surface area contributed by atoms with Gasteiger partial charge in [0.15, 0.2) is 11.9 Å². The summed E-state index contributed by atoms with van der Waals surface area (Å²) in [6, 6.07) is 9.41. The normalized spacial score (nSPS) is 14.2. The van der Waals surface area contributed by atoms with E-state index in [-0.39, 0.29) is 5.91 Å². The number of aliphatic hydroxyl groups excluding tert-OH is 1. The van der Waals surface area contributed by atoms with E-state index < -0.39 is 11.8 Å². The molecule has 0 radical (unpaired) electrons. The zero-order valence-electron chi connectivity index (χ0n) is 20.0. The van der Waals surface area contributed by atoms with E-state index in [4.69, 9.17) is 0 Å². The van der Waals surface area contributed by atoms with Crippen LogP contribution in [0.15, 0.2) is 30.3 Å². The van der Waals surface area contributed by atoms with E-state index in [1.165, 1.54) is 63.2 Å². The molecular weight excluding hydrogens is 402 g/mol. The van der Waals surface area contributed by atoms with Gasteiger partial charge in [0, 0.05) is 18.0 Å². The zero-order valence-corrected chi connectivity index (χ0v) is 20.0. The molecule has 32 heavy (non-hydrogen) atoms. The molecule has 0 bridgehead atoms. The fraction of sp³-hybridized carbons (Fsp3) is 0.615. The predicted molar refractivity (Wildman–Crippen MR) is 131 cm³/mol. The number of H-pyrrole nitrogens is 1. The quantitative estimate of drug-likeness (QED) is 0.193. The molecule has 1 aromatic heterocycles. The van der Waals surface area contributed by atoms with Crippen LogP contribution in [0.1, 0.15) is 88.5 Å². The molecular formula is C26H41N3O3. The number of nitrogens with zero attached hydrogens (tertiary/aromatic N) is 1. The topological polar surface area (TPSA) is 85.4 Å². The second kappa shape index (κ2) is 13.4. The van der Waals surface area contributed by atoms with Crippen molar-refractivity contribution in [3.05, 3.63) is 36.0 Å². The number of hydrogen-bond acceptors (Lipinski definition) is 4. The molecule has 1 aromatic carbocycles. The zero-order chi connectivity index (χ0) is 23.4. The van der Waals surface area contributed by atoms with Gasteiger partial charge in [0.1, 0.15) is 5.69 Å². The highest BCUT2D eigenvalue weighted by Gasteiger charge is 2.42. The number of aliphatic hydroxyl groups is 1. The van der Waals surface area contributed by atoms with E-state index >= 15 is 0 Å². The number of carbonyl (C=O) groups excluding carboxylic acids is 2. The monoisotopic (exact) mass is 443 g/mol. The molecule has 6 heteroatoms. The van der Waals surface area contributed by atoms with Gasteiger partial charge in [-0.2, -0.15) is 0 Å². The Hall–Kier alpha value is -2.18. The molecule has 1 heterocycles. The molecule has 0 saturated carbocycles. The number of nitrogens with one attached hydrogen (secondary N) is 2. The average molecular weight is 444 g/mol. The van der Waals surface area contributed by atoms with Gasteiger partial charge >= 0.3 is 0 Å². The number of para-hydroxylation sites is 1. The fourth-order valence-corrected chi connectivity index (χ4v) is 4.20. The molecule has 0 unspecified atom stereocenters. The van der Waals surface area contributed by atoms with Crippen molar-refractivity contribution in [2.24, 2.45) is 0 Å². The van der Waals surface area contributed by atoms with E-state index in [1.54, 1.807) is 13.1 Å². The first-order valence-corrected chi connectivity index (χ1v) is 12.2. The highest BCUT2D eigenvalue weighted by molar-refractivity contribution is 5.99. The second-order valence-corrected chi connectivity index (χ2v) is 8.86.